The summed E-state index contributed by atoms with van der Waals surface area (Å²) in [6.07, 6.45) is -0.965. The number of sulfone groups is 1. The molecule has 2 aromatic rings. The molecule has 0 bridgehead atoms. The van der Waals surface area contributed by atoms with E-state index in [0.29, 0.717) is 0 Å². The van der Waals surface area contributed by atoms with Crippen LogP contribution in [0.15, 0.2) is 54.6 Å². The van der Waals surface area contributed by atoms with E-state index in [9.17, 15) is 22.7 Å². The number of aliphatic hydroxyl groups is 1. The molecule has 0 aliphatic carbocycles. The van der Waals surface area contributed by atoms with Crippen LogP contribution in [0.5, 0.6) is 0 Å². The van der Waals surface area contributed by atoms with Crippen LogP contribution in [0.3, 0.4) is 0 Å². The monoisotopic (exact) mass is 391 g/mol. The Morgan fingerprint density at radius 3 is 2.48 bits per heavy atom. The minimum Gasteiger partial charge on any atom is -0.383 e. The van der Waals surface area contributed by atoms with Gasteiger partial charge in [0, 0.05) is 25.1 Å². The van der Waals surface area contributed by atoms with E-state index in [2.05, 4.69) is 0 Å². The summed E-state index contributed by atoms with van der Waals surface area (Å²) in [6.45, 7) is 0.154. The predicted octanol–water partition coefficient (Wildman–Crippen LogP) is 2.12. The highest BCUT2D eigenvalue weighted by Crippen LogP contribution is 2.31. The lowest BCUT2D eigenvalue weighted by Gasteiger charge is -2.23. The molecule has 0 saturated carbocycles. The maximum Gasteiger partial charge on any atom is 0.251 e. The average molecular weight is 391 g/mol. The van der Waals surface area contributed by atoms with E-state index in [1.165, 1.54) is 23.1 Å². The first-order valence-corrected chi connectivity index (χ1v) is 10.6. The minimum atomic E-state index is -3.60. The molecule has 1 heterocycles. The molecular weight excluding hydrogens is 369 g/mol. The van der Waals surface area contributed by atoms with Crippen molar-refractivity contribution in [1.29, 1.82) is 0 Å². The molecule has 1 fully saturated rings. The first-order chi connectivity index (χ1) is 12.9. The average Bonchev–Trinajstić information content (AvgIpc) is 2.80. The normalized spacial score (nSPS) is 20.7. The second-order valence-corrected chi connectivity index (χ2v) is 9.00. The van der Waals surface area contributed by atoms with Crippen LogP contribution in [0, 0.1) is 5.82 Å². The highest BCUT2D eigenvalue weighted by molar-refractivity contribution is 7.91. The van der Waals surface area contributed by atoms with Gasteiger partial charge >= 0.3 is 0 Å². The fourth-order valence-electron chi connectivity index (χ4n) is 3.39. The molecule has 1 amide bonds. The van der Waals surface area contributed by atoms with Crippen molar-refractivity contribution in [2.45, 2.75) is 24.2 Å². The lowest BCUT2D eigenvalue weighted by Crippen LogP contribution is -2.41. The summed E-state index contributed by atoms with van der Waals surface area (Å²) in [6, 6.07) is 15.0. The van der Waals surface area contributed by atoms with Crippen molar-refractivity contribution < 1.29 is 22.7 Å². The van der Waals surface area contributed by atoms with Gasteiger partial charge in [-0.2, -0.15) is 0 Å². The Bertz CT molecular complexity index is 901. The number of hydrogen-bond acceptors (Lipinski definition) is 4. The molecule has 0 aromatic heterocycles. The van der Waals surface area contributed by atoms with E-state index in [-0.39, 0.29) is 37.2 Å². The summed E-state index contributed by atoms with van der Waals surface area (Å²) >= 11 is 0. The SMILES string of the molecule is O=C([C@@H](O)Cc1ccccc1)N1CC[C@@H](c2ccccc2F)S(=O)(=O)CC1. The van der Waals surface area contributed by atoms with Gasteiger partial charge in [-0.25, -0.2) is 12.8 Å². The van der Waals surface area contributed by atoms with Gasteiger partial charge in [-0.05, 0) is 18.1 Å². The summed E-state index contributed by atoms with van der Waals surface area (Å²) < 4.78 is 39.3. The maximum absolute atomic E-state index is 14.1. The second kappa shape index (κ2) is 8.19. The van der Waals surface area contributed by atoms with Crippen LogP contribution in [-0.2, 0) is 21.1 Å². The van der Waals surface area contributed by atoms with Crippen molar-refractivity contribution in [2.75, 3.05) is 18.8 Å². The van der Waals surface area contributed by atoms with E-state index < -0.39 is 32.9 Å². The number of carbonyl (C=O) groups excluding carboxylic acids is 1. The van der Waals surface area contributed by atoms with Crippen LogP contribution in [-0.4, -0.2) is 49.3 Å². The Balaban J connectivity index is 1.73. The number of hydrogen-bond donors (Lipinski definition) is 1. The molecule has 0 radical (unpaired) electrons. The van der Waals surface area contributed by atoms with Crippen LogP contribution >= 0.6 is 0 Å². The third-order valence-corrected chi connectivity index (χ3v) is 6.97. The van der Waals surface area contributed by atoms with Gasteiger partial charge in [0.1, 0.15) is 11.9 Å². The molecular formula is C20H22FNO4S. The molecule has 1 saturated heterocycles. The second-order valence-electron chi connectivity index (χ2n) is 6.70. The van der Waals surface area contributed by atoms with Gasteiger partial charge < -0.3 is 10.0 Å². The van der Waals surface area contributed by atoms with Crippen molar-refractivity contribution in [3.8, 4) is 0 Å². The quantitative estimate of drug-likeness (QED) is 0.866. The molecule has 3 rings (SSSR count). The zero-order valence-corrected chi connectivity index (χ0v) is 15.6. The van der Waals surface area contributed by atoms with Gasteiger partial charge in [0.2, 0.25) is 0 Å². The topological polar surface area (TPSA) is 74.7 Å². The predicted molar refractivity (Wildman–Crippen MR) is 100 cm³/mol. The number of rotatable bonds is 4. The highest BCUT2D eigenvalue weighted by Gasteiger charge is 2.35. The molecule has 2 atom stereocenters. The number of halogens is 1. The molecule has 1 N–H and O–H groups in total. The first kappa shape index (κ1) is 19.5. The fourth-order valence-corrected chi connectivity index (χ4v) is 5.19. The van der Waals surface area contributed by atoms with Crippen LogP contribution in [0.25, 0.3) is 0 Å². The maximum atomic E-state index is 14.1. The fraction of sp³-hybridized carbons (Fsp3) is 0.350. The Morgan fingerprint density at radius 1 is 1.11 bits per heavy atom. The summed E-state index contributed by atoms with van der Waals surface area (Å²) in [7, 11) is -3.60. The van der Waals surface area contributed by atoms with Gasteiger partial charge in [0.15, 0.2) is 9.84 Å². The lowest BCUT2D eigenvalue weighted by atomic mass is 10.1. The lowest BCUT2D eigenvalue weighted by molar-refractivity contribution is -0.139. The summed E-state index contributed by atoms with van der Waals surface area (Å²) in [5.41, 5.74) is 0.960. The smallest absolute Gasteiger partial charge is 0.251 e. The van der Waals surface area contributed by atoms with Crippen LogP contribution in [0.2, 0.25) is 0 Å². The number of benzene rings is 2. The molecule has 1 aliphatic heterocycles. The van der Waals surface area contributed by atoms with Gasteiger partial charge in [0.25, 0.3) is 5.91 Å². The van der Waals surface area contributed by atoms with Gasteiger partial charge in [-0.3, -0.25) is 4.79 Å². The molecule has 27 heavy (non-hydrogen) atoms. The Kier molecular flexibility index (Phi) is 5.92. The molecule has 7 heteroatoms. The number of carbonyl (C=O) groups is 1. The Hall–Kier alpha value is -2.25. The molecule has 144 valence electrons. The van der Waals surface area contributed by atoms with Crippen LogP contribution in [0.4, 0.5) is 4.39 Å². The van der Waals surface area contributed by atoms with Gasteiger partial charge in [-0.1, -0.05) is 48.5 Å². The number of amides is 1. The zero-order chi connectivity index (χ0) is 19.4. The summed E-state index contributed by atoms with van der Waals surface area (Å²) in [5.74, 6) is -1.31. The van der Waals surface area contributed by atoms with E-state index in [0.717, 1.165) is 5.56 Å². The highest BCUT2D eigenvalue weighted by atomic mass is 32.2. The standard InChI is InChI=1S/C20H22FNO4S/c21-17-9-5-4-8-16(17)19-10-11-22(12-13-27(19,25)26)20(24)18(23)14-15-6-2-1-3-7-15/h1-9,18-19,23H,10-14H2/t18-,19-/m0/s1. The number of aliphatic hydroxyl groups excluding tert-OH is 1. The van der Waals surface area contributed by atoms with Crippen molar-refractivity contribution >= 4 is 15.7 Å². The van der Waals surface area contributed by atoms with E-state index in [1.807, 2.05) is 30.3 Å². The van der Waals surface area contributed by atoms with E-state index >= 15 is 0 Å². The Labute approximate surface area is 158 Å². The van der Waals surface area contributed by atoms with Crippen LogP contribution < -0.4 is 0 Å². The molecule has 0 spiro atoms. The summed E-state index contributed by atoms with van der Waals surface area (Å²) in [4.78, 5) is 14.0. The zero-order valence-electron chi connectivity index (χ0n) is 14.8. The largest absolute Gasteiger partial charge is 0.383 e. The van der Waals surface area contributed by atoms with Crippen LogP contribution in [0.1, 0.15) is 22.8 Å². The molecule has 1 aliphatic rings. The Morgan fingerprint density at radius 2 is 1.78 bits per heavy atom. The van der Waals surface area contributed by atoms with Crippen molar-refractivity contribution in [1.82, 2.24) is 4.90 Å². The van der Waals surface area contributed by atoms with E-state index in [1.54, 1.807) is 6.07 Å². The third-order valence-electron chi connectivity index (χ3n) is 4.86. The van der Waals surface area contributed by atoms with Gasteiger partial charge in [0.05, 0.1) is 11.0 Å². The third kappa shape index (κ3) is 4.54. The first-order valence-electron chi connectivity index (χ1n) is 8.85. The minimum absolute atomic E-state index is 0.00201. The summed E-state index contributed by atoms with van der Waals surface area (Å²) in [5, 5.41) is 9.29. The van der Waals surface area contributed by atoms with Crippen molar-refractivity contribution in [3.63, 3.8) is 0 Å². The molecule has 0 unspecified atom stereocenters. The molecule has 5 nitrogen and oxygen atoms in total. The van der Waals surface area contributed by atoms with Gasteiger partial charge in [-0.15, -0.1) is 0 Å². The van der Waals surface area contributed by atoms with Crippen molar-refractivity contribution in [3.05, 3.63) is 71.5 Å². The molecule has 2 aromatic carbocycles. The van der Waals surface area contributed by atoms with E-state index in [4.69, 9.17) is 0 Å². The van der Waals surface area contributed by atoms with Crippen molar-refractivity contribution in [2.24, 2.45) is 0 Å². The number of nitrogens with zero attached hydrogens (tertiary/aromatic N) is 1.